The molecule has 6 nitrogen and oxygen atoms in total. The van der Waals surface area contributed by atoms with Crippen molar-refractivity contribution in [3.8, 4) is 22.3 Å². The molecule has 0 fully saturated rings. The van der Waals surface area contributed by atoms with Gasteiger partial charge in [-0.1, -0.05) is 66.7 Å². The standard InChI is InChI=1S/C26H18N2O4S/c29-26(24-16-20-13-12-19(15-23(20)32-24)21-9-6-14-27-17-21)28-33(30,31)25-11-5-4-10-22(25)18-7-2-1-3-8-18/h1-17H,(H,28,29). The molecule has 2 heterocycles. The van der Waals surface area contributed by atoms with Crippen LogP contribution in [0.25, 0.3) is 33.2 Å². The maximum Gasteiger partial charge on any atom is 0.300 e. The van der Waals surface area contributed by atoms with Crippen LogP contribution in [0, 0.1) is 0 Å². The molecular formula is C26H18N2O4S. The lowest BCUT2D eigenvalue weighted by molar-refractivity contribution is 0.0956. The molecule has 5 rings (SSSR count). The first-order valence-electron chi connectivity index (χ1n) is 10.2. The number of furan rings is 1. The molecule has 0 atom stereocenters. The third-order valence-electron chi connectivity index (χ3n) is 5.23. The molecule has 33 heavy (non-hydrogen) atoms. The van der Waals surface area contributed by atoms with Crippen LogP contribution < -0.4 is 4.72 Å². The molecule has 1 amide bonds. The van der Waals surface area contributed by atoms with Crippen LogP contribution in [0.15, 0.2) is 113 Å². The topological polar surface area (TPSA) is 89.3 Å². The quantitative estimate of drug-likeness (QED) is 0.390. The fourth-order valence-electron chi connectivity index (χ4n) is 3.64. The van der Waals surface area contributed by atoms with Crippen molar-refractivity contribution >= 4 is 26.9 Å². The molecule has 0 spiro atoms. The molecular weight excluding hydrogens is 436 g/mol. The molecule has 7 heteroatoms. The zero-order valence-corrected chi connectivity index (χ0v) is 18.1. The summed E-state index contributed by atoms with van der Waals surface area (Å²) in [5.74, 6) is -0.925. The molecule has 0 aliphatic rings. The lowest BCUT2D eigenvalue weighted by atomic mass is 10.1. The van der Waals surface area contributed by atoms with Crippen molar-refractivity contribution in [1.29, 1.82) is 0 Å². The number of rotatable bonds is 5. The molecule has 0 aliphatic heterocycles. The van der Waals surface area contributed by atoms with E-state index in [4.69, 9.17) is 4.42 Å². The fourth-order valence-corrected chi connectivity index (χ4v) is 4.83. The van der Waals surface area contributed by atoms with Crippen molar-refractivity contribution in [2.75, 3.05) is 0 Å². The predicted octanol–water partition coefficient (Wildman–Crippen LogP) is 5.28. The third-order valence-corrected chi connectivity index (χ3v) is 6.62. The van der Waals surface area contributed by atoms with Gasteiger partial charge in [0.1, 0.15) is 5.58 Å². The first kappa shape index (κ1) is 20.7. The Morgan fingerprint density at radius 3 is 2.33 bits per heavy atom. The van der Waals surface area contributed by atoms with E-state index < -0.39 is 15.9 Å². The number of benzene rings is 3. The number of hydrogen-bond acceptors (Lipinski definition) is 5. The van der Waals surface area contributed by atoms with Crippen LogP contribution in [0.3, 0.4) is 0 Å². The van der Waals surface area contributed by atoms with Crippen LogP contribution in [0.5, 0.6) is 0 Å². The zero-order valence-electron chi connectivity index (χ0n) is 17.3. The first-order valence-corrected chi connectivity index (χ1v) is 11.7. The Bertz CT molecular complexity index is 1560. The summed E-state index contributed by atoms with van der Waals surface area (Å²) in [6, 6.07) is 26.5. The van der Waals surface area contributed by atoms with Gasteiger partial charge >= 0.3 is 5.91 Å². The monoisotopic (exact) mass is 454 g/mol. The summed E-state index contributed by atoms with van der Waals surface area (Å²) >= 11 is 0. The molecule has 0 unspecified atom stereocenters. The Kier molecular flexibility index (Phi) is 5.24. The highest BCUT2D eigenvalue weighted by Gasteiger charge is 2.24. The predicted molar refractivity (Wildman–Crippen MR) is 126 cm³/mol. The number of fused-ring (bicyclic) bond motifs is 1. The van der Waals surface area contributed by atoms with E-state index >= 15 is 0 Å². The van der Waals surface area contributed by atoms with E-state index in [0.29, 0.717) is 16.5 Å². The van der Waals surface area contributed by atoms with Crippen molar-refractivity contribution < 1.29 is 17.6 Å². The highest BCUT2D eigenvalue weighted by molar-refractivity contribution is 7.90. The minimum atomic E-state index is -4.14. The van der Waals surface area contributed by atoms with Crippen molar-refractivity contribution in [3.63, 3.8) is 0 Å². The van der Waals surface area contributed by atoms with E-state index in [0.717, 1.165) is 16.7 Å². The second-order valence-corrected chi connectivity index (χ2v) is 9.05. The average molecular weight is 455 g/mol. The molecule has 0 aliphatic carbocycles. The van der Waals surface area contributed by atoms with Gasteiger partial charge in [0.2, 0.25) is 0 Å². The lowest BCUT2D eigenvalue weighted by Crippen LogP contribution is -2.30. The molecule has 0 radical (unpaired) electrons. The highest BCUT2D eigenvalue weighted by Crippen LogP contribution is 2.28. The minimum Gasteiger partial charge on any atom is -0.451 e. The third kappa shape index (κ3) is 4.14. The zero-order chi connectivity index (χ0) is 22.8. The van der Waals surface area contributed by atoms with Gasteiger partial charge in [-0.05, 0) is 35.4 Å². The van der Waals surface area contributed by atoms with Gasteiger partial charge in [-0.15, -0.1) is 0 Å². The van der Waals surface area contributed by atoms with E-state index in [1.807, 2.05) is 54.6 Å². The first-order chi connectivity index (χ1) is 16.0. The number of hydrogen-bond donors (Lipinski definition) is 1. The maximum absolute atomic E-state index is 13.1. The summed E-state index contributed by atoms with van der Waals surface area (Å²) < 4.78 is 34.0. The normalized spacial score (nSPS) is 11.4. The van der Waals surface area contributed by atoms with Crippen LogP contribution in [0.2, 0.25) is 0 Å². The van der Waals surface area contributed by atoms with Crippen molar-refractivity contribution in [1.82, 2.24) is 9.71 Å². The van der Waals surface area contributed by atoms with Crippen molar-refractivity contribution in [2.24, 2.45) is 0 Å². The van der Waals surface area contributed by atoms with Crippen molar-refractivity contribution in [2.45, 2.75) is 4.90 Å². The van der Waals surface area contributed by atoms with Gasteiger partial charge in [-0.25, -0.2) is 13.1 Å². The minimum absolute atomic E-state index is 0.0134. The number of carbonyl (C=O) groups is 1. The van der Waals surface area contributed by atoms with Gasteiger partial charge in [-0.3, -0.25) is 9.78 Å². The Hall–Kier alpha value is -4.23. The number of amides is 1. The van der Waals surface area contributed by atoms with Crippen LogP contribution in [-0.4, -0.2) is 19.3 Å². The Morgan fingerprint density at radius 2 is 1.55 bits per heavy atom. The van der Waals surface area contributed by atoms with E-state index in [9.17, 15) is 13.2 Å². The summed E-state index contributed by atoms with van der Waals surface area (Å²) in [5, 5.41) is 0.690. The van der Waals surface area contributed by atoms with Gasteiger partial charge in [0.05, 0.1) is 4.90 Å². The fraction of sp³-hybridized carbons (Fsp3) is 0. The Balaban J connectivity index is 1.45. The van der Waals surface area contributed by atoms with E-state index in [2.05, 4.69) is 9.71 Å². The van der Waals surface area contributed by atoms with Gasteiger partial charge < -0.3 is 4.42 Å². The number of aromatic nitrogens is 1. The van der Waals surface area contributed by atoms with Crippen LogP contribution in [-0.2, 0) is 10.0 Å². The summed E-state index contributed by atoms with van der Waals surface area (Å²) in [6.45, 7) is 0. The molecule has 2 aromatic heterocycles. The van der Waals surface area contributed by atoms with Crippen molar-refractivity contribution in [3.05, 3.63) is 109 Å². The molecule has 0 bridgehead atoms. The van der Waals surface area contributed by atoms with E-state index in [1.165, 1.54) is 12.1 Å². The number of nitrogens with one attached hydrogen (secondary N) is 1. The molecule has 1 N–H and O–H groups in total. The number of nitrogens with zero attached hydrogens (tertiary/aromatic N) is 1. The van der Waals surface area contributed by atoms with E-state index in [-0.39, 0.29) is 10.7 Å². The Labute approximate surface area is 190 Å². The average Bonchev–Trinajstić information content (AvgIpc) is 3.29. The van der Waals surface area contributed by atoms with Crippen LogP contribution in [0.1, 0.15) is 10.6 Å². The van der Waals surface area contributed by atoms with E-state index in [1.54, 1.807) is 36.7 Å². The van der Waals surface area contributed by atoms with Gasteiger partial charge in [0, 0.05) is 28.9 Å². The van der Waals surface area contributed by atoms with Gasteiger partial charge in [0.25, 0.3) is 10.0 Å². The molecule has 3 aromatic carbocycles. The summed E-state index contributed by atoms with van der Waals surface area (Å²) in [7, 11) is -4.14. The summed E-state index contributed by atoms with van der Waals surface area (Å²) in [6.07, 6.45) is 3.42. The molecule has 0 saturated carbocycles. The van der Waals surface area contributed by atoms with Crippen LogP contribution >= 0.6 is 0 Å². The number of carbonyl (C=O) groups excluding carboxylic acids is 1. The maximum atomic E-state index is 13.1. The van der Waals surface area contributed by atoms with Crippen LogP contribution in [0.4, 0.5) is 0 Å². The van der Waals surface area contributed by atoms with Gasteiger partial charge in [0.15, 0.2) is 5.76 Å². The second kappa shape index (κ2) is 8.37. The largest absolute Gasteiger partial charge is 0.451 e. The lowest BCUT2D eigenvalue weighted by Gasteiger charge is -2.11. The number of sulfonamides is 1. The second-order valence-electron chi connectivity index (χ2n) is 7.40. The highest BCUT2D eigenvalue weighted by atomic mass is 32.2. The molecule has 5 aromatic rings. The summed E-state index contributed by atoms with van der Waals surface area (Å²) in [4.78, 5) is 16.9. The number of pyridine rings is 1. The molecule has 162 valence electrons. The Morgan fingerprint density at radius 1 is 0.788 bits per heavy atom. The molecule has 0 saturated heterocycles. The van der Waals surface area contributed by atoms with Gasteiger partial charge in [-0.2, -0.15) is 0 Å². The summed E-state index contributed by atoms with van der Waals surface area (Å²) in [5.41, 5.74) is 3.49. The smallest absolute Gasteiger partial charge is 0.300 e. The SMILES string of the molecule is O=C(NS(=O)(=O)c1ccccc1-c1ccccc1)c1cc2ccc(-c3cccnc3)cc2o1.